The van der Waals surface area contributed by atoms with E-state index in [4.69, 9.17) is 4.52 Å². The van der Waals surface area contributed by atoms with Gasteiger partial charge < -0.3 is 15.2 Å². The van der Waals surface area contributed by atoms with Gasteiger partial charge in [0.05, 0.1) is 5.69 Å². The lowest BCUT2D eigenvalue weighted by molar-refractivity contribution is 0.380. The minimum absolute atomic E-state index is 0. The van der Waals surface area contributed by atoms with Gasteiger partial charge in [-0.1, -0.05) is 19.0 Å². The highest BCUT2D eigenvalue weighted by Crippen LogP contribution is 2.48. The number of halogens is 1. The predicted molar refractivity (Wildman–Crippen MR) is 108 cm³/mol. The zero-order valence-electron chi connectivity index (χ0n) is 15.1. The fourth-order valence-electron chi connectivity index (χ4n) is 3.51. The summed E-state index contributed by atoms with van der Waals surface area (Å²) in [5.41, 5.74) is 2.25. The molecule has 0 aromatic carbocycles. The summed E-state index contributed by atoms with van der Waals surface area (Å²) >= 11 is 0. The Morgan fingerprint density at radius 1 is 1.17 bits per heavy atom. The van der Waals surface area contributed by atoms with Crippen molar-refractivity contribution in [3.8, 4) is 0 Å². The Labute approximate surface area is 162 Å². The molecule has 0 spiro atoms. The molecule has 0 saturated heterocycles. The molecule has 2 saturated carbocycles. The van der Waals surface area contributed by atoms with Crippen LogP contribution in [0, 0.1) is 17.8 Å². The number of hydrogen-bond acceptors (Lipinski definition) is 3. The van der Waals surface area contributed by atoms with E-state index in [1.165, 1.54) is 31.2 Å². The van der Waals surface area contributed by atoms with Gasteiger partial charge in [-0.15, -0.1) is 24.0 Å². The number of rotatable bonds is 8. The summed E-state index contributed by atoms with van der Waals surface area (Å²) in [6, 6.07) is 0. The van der Waals surface area contributed by atoms with Crippen LogP contribution in [0.15, 0.2) is 9.52 Å². The van der Waals surface area contributed by atoms with Crippen LogP contribution >= 0.6 is 24.0 Å². The van der Waals surface area contributed by atoms with Crippen LogP contribution in [0.1, 0.15) is 56.5 Å². The second kappa shape index (κ2) is 9.06. The van der Waals surface area contributed by atoms with Gasteiger partial charge in [0.15, 0.2) is 5.96 Å². The minimum atomic E-state index is 0. The van der Waals surface area contributed by atoms with E-state index in [1.807, 2.05) is 7.05 Å². The summed E-state index contributed by atoms with van der Waals surface area (Å²) in [7, 11) is 1.84. The molecule has 24 heavy (non-hydrogen) atoms. The van der Waals surface area contributed by atoms with Gasteiger partial charge in [0, 0.05) is 32.1 Å². The van der Waals surface area contributed by atoms with Crippen LogP contribution in [0.5, 0.6) is 0 Å². The number of aryl methyl sites for hydroxylation is 2. The van der Waals surface area contributed by atoms with Crippen LogP contribution in [-0.2, 0) is 19.4 Å². The monoisotopic (exact) mass is 446 g/mol. The van der Waals surface area contributed by atoms with E-state index >= 15 is 0 Å². The van der Waals surface area contributed by atoms with E-state index in [0.29, 0.717) is 0 Å². The van der Waals surface area contributed by atoms with Crippen molar-refractivity contribution in [1.82, 2.24) is 15.8 Å². The summed E-state index contributed by atoms with van der Waals surface area (Å²) in [4.78, 5) is 4.37. The standard InChI is InChI=1S/C18H30N4O.HI/c1-4-16-15(17(5-2)23-22-16)11-21-18(19-3)20-10-14(12-6-7-12)13-8-9-13;/h12-14H,4-11H2,1-3H3,(H2,19,20,21);1H. The van der Waals surface area contributed by atoms with Crippen LogP contribution in [0.4, 0.5) is 0 Å². The molecular weight excluding hydrogens is 415 g/mol. The van der Waals surface area contributed by atoms with E-state index in [9.17, 15) is 0 Å². The zero-order chi connectivity index (χ0) is 16.2. The van der Waals surface area contributed by atoms with Gasteiger partial charge in [0.2, 0.25) is 0 Å². The molecule has 0 bridgehead atoms. The molecule has 2 fully saturated rings. The SMILES string of the molecule is CCc1noc(CC)c1CNC(=NC)NCC(C1CC1)C1CC1.I. The molecule has 0 amide bonds. The largest absolute Gasteiger partial charge is 0.361 e. The maximum Gasteiger partial charge on any atom is 0.191 e. The first-order valence-corrected chi connectivity index (χ1v) is 9.17. The lowest BCUT2D eigenvalue weighted by atomic mass is 9.98. The van der Waals surface area contributed by atoms with Gasteiger partial charge >= 0.3 is 0 Å². The molecule has 0 radical (unpaired) electrons. The third-order valence-corrected chi connectivity index (χ3v) is 5.22. The molecule has 1 heterocycles. The topological polar surface area (TPSA) is 62.5 Å². The molecule has 5 nitrogen and oxygen atoms in total. The zero-order valence-corrected chi connectivity index (χ0v) is 17.4. The molecule has 136 valence electrons. The molecule has 1 aromatic heterocycles. The molecule has 6 heteroatoms. The second-order valence-corrected chi connectivity index (χ2v) is 6.88. The van der Waals surface area contributed by atoms with Crippen molar-refractivity contribution in [2.75, 3.05) is 13.6 Å². The number of nitrogens with zero attached hydrogens (tertiary/aromatic N) is 2. The highest BCUT2D eigenvalue weighted by Gasteiger charge is 2.41. The summed E-state index contributed by atoms with van der Waals surface area (Å²) in [5, 5.41) is 11.1. The fourth-order valence-corrected chi connectivity index (χ4v) is 3.51. The van der Waals surface area contributed by atoms with E-state index in [0.717, 1.165) is 61.1 Å². The first kappa shape index (κ1) is 19.5. The third kappa shape index (κ3) is 4.86. The smallest absolute Gasteiger partial charge is 0.191 e. The van der Waals surface area contributed by atoms with Crippen molar-refractivity contribution in [2.24, 2.45) is 22.7 Å². The van der Waals surface area contributed by atoms with E-state index in [2.05, 4.69) is 34.6 Å². The summed E-state index contributed by atoms with van der Waals surface area (Å²) in [5.74, 6) is 4.65. The Morgan fingerprint density at radius 3 is 2.33 bits per heavy atom. The Hall–Kier alpha value is -0.790. The van der Waals surface area contributed by atoms with Crippen LogP contribution in [-0.4, -0.2) is 24.7 Å². The molecule has 3 rings (SSSR count). The lowest BCUT2D eigenvalue weighted by Gasteiger charge is -2.18. The number of nitrogens with one attached hydrogen (secondary N) is 2. The fraction of sp³-hybridized carbons (Fsp3) is 0.778. The van der Waals surface area contributed by atoms with Crippen LogP contribution in [0.25, 0.3) is 0 Å². The highest BCUT2D eigenvalue weighted by molar-refractivity contribution is 14.0. The van der Waals surface area contributed by atoms with Crippen molar-refractivity contribution in [3.63, 3.8) is 0 Å². The minimum Gasteiger partial charge on any atom is -0.361 e. The first-order valence-electron chi connectivity index (χ1n) is 9.17. The Bertz CT molecular complexity index is 516. The number of aliphatic imine (C=N–C) groups is 1. The summed E-state index contributed by atoms with van der Waals surface area (Å²) in [6.45, 7) is 6.00. The second-order valence-electron chi connectivity index (χ2n) is 6.88. The van der Waals surface area contributed by atoms with Crippen molar-refractivity contribution >= 4 is 29.9 Å². The predicted octanol–water partition coefficient (Wildman–Crippen LogP) is 3.52. The molecule has 0 aliphatic heterocycles. The molecule has 2 aliphatic carbocycles. The Morgan fingerprint density at radius 2 is 1.83 bits per heavy atom. The van der Waals surface area contributed by atoms with Gasteiger partial charge in [-0.25, -0.2) is 0 Å². The van der Waals surface area contributed by atoms with Crippen molar-refractivity contribution in [2.45, 2.75) is 58.9 Å². The van der Waals surface area contributed by atoms with Gasteiger partial charge in [0.1, 0.15) is 5.76 Å². The highest BCUT2D eigenvalue weighted by atomic mass is 127. The summed E-state index contributed by atoms with van der Waals surface area (Å²) < 4.78 is 5.43. The van der Waals surface area contributed by atoms with Crippen molar-refractivity contribution in [1.29, 1.82) is 0 Å². The average Bonchev–Trinajstić information content (AvgIpc) is 3.49. The van der Waals surface area contributed by atoms with Gasteiger partial charge in [-0.2, -0.15) is 0 Å². The molecule has 0 unspecified atom stereocenters. The molecule has 1 aromatic rings. The normalized spacial score (nSPS) is 17.8. The van der Waals surface area contributed by atoms with E-state index in [-0.39, 0.29) is 24.0 Å². The number of hydrogen-bond donors (Lipinski definition) is 2. The van der Waals surface area contributed by atoms with Crippen LogP contribution < -0.4 is 10.6 Å². The van der Waals surface area contributed by atoms with Gasteiger partial charge in [-0.3, -0.25) is 4.99 Å². The molecule has 2 N–H and O–H groups in total. The maximum atomic E-state index is 5.43. The molecular formula is C18H31IN4O. The van der Waals surface area contributed by atoms with E-state index in [1.54, 1.807) is 0 Å². The third-order valence-electron chi connectivity index (χ3n) is 5.22. The first-order chi connectivity index (χ1) is 11.3. The Kier molecular flexibility index (Phi) is 7.37. The van der Waals surface area contributed by atoms with Crippen LogP contribution in [0.2, 0.25) is 0 Å². The summed E-state index contributed by atoms with van der Waals surface area (Å²) in [6.07, 6.45) is 7.48. The number of guanidine groups is 1. The lowest BCUT2D eigenvalue weighted by Crippen LogP contribution is -2.40. The van der Waals surface area contributed by atoms with Gasteiger partial charge in [-0.05, 0) is 49.9 Å². The molecule has 0 atom stereocenters. The van der Waals surface area contributed by atoms with Crippen molar-refractivity contribution < 1.29 is 4.52 Å². The Balaban J connectivity index is 0.00000208. The average molecular weight is 446 g/mol. The molecule has 2 aliphatic rings. The van der Waals surface area contributed by atoms with Gasteiger partial charge in [0.25, 0.3) is 0 Å². The van der Waals surface area contributed by atoms with Crippen molar-refractivity contribution in [3.05, 3.63) is 17.0 Å². The maximum absolute atomic E-state index is 5.43. The quantitative estimate of drug-likeness (QED) is 0.365. The van der Waals surface area contributed by atoms with E-state index < -0.39 is 0 Å². The van der Waals surface area contributed by atoms with Crippen LogP contribution in [0.3, 0.4) is 0 Å². The number of aromatic nitrogens is 1.